The van der Waals surface area contributed by atoms with Crippen LogP contribution in [0.25, 0.3) is 0 Å². The Kier molecular flexibility index (Phi) is 1.81. The Labute approximate surface area is 109 Å². The summed E-state index contributed by atoms with van der Waals surface area (Å²) in [6, 6.07) is 0. The standard InChI is InChI=1S/C10H11F3O3S/c1-2-5-9(8-6-3-4-7-8)16-17(14,15)10(11,12)13/h1,5,8H,3-4,6-7H2/b9-5-/i3D2,4D2,6D2,7D2. The van der Waals surface area contributed by atoms with Crippen molar-refractivity contribution in [2.75, 3.05) is 0 Å². The third kappa shape index (κ3) is 3.40. The Bertz CT molecular complexity index is 709. The monoisotopic (exact) mass is 276 g/mol. The van der Waals surface area contributed by atoms with Crippen molar-refractivity contribution in [3.8, 4) is 12.3 Å². The van der Waals surface area contributed by atoms with Crippen LogP contribution in [-0.4, -0.2) is 13.9 Å². The van der Waals surface area contributed by atoms with Gasteiger partial charge in [-0.25, -0.2) is 0 Å². The highest BCUT2D eigenvalue weighted by Crippen LogP contribution is 2.35. The van der Waals surface area contributed by atoms with E-state index in [1.807, 2.05) is 0 Å². The molecule has 0 aromatic heterocycles. The number of hydrogen-bond acceptors (Lipinski definition) is 3. The zero-order chi connectivity index (χ0) is 20.3. The summed E-state index contributed by atoms with van der Waals surface area (Å²) in [6.45, 7) is 0. The van der Waals surface area contributed by atoms with Gasteiger partial charge >= 0.3 is 15.6 Å². The Morgan fingerprint density at radius 3 is 2.41 bits per heavy atom. The molecule has 1 saturated carbocycles. The SMILES string of the molecule is [2H]C1([2H])C(/C(=C/C#C)OS(=O)(=O)C(F)(F)F)C([2H])([2H])C([2H])([2H])C1([2H])[2H]. The summed E-state index contributed by atoms with van der Waals surface area (Å²) >= 11 is 0. The van der Waals surface area contributed by atoms with Crippen LogP contribution in [0.3, 0.4) is 0 Å². The van der Waals surface area contributed by atoms with E-state index >= 15 is 0 Å². The van der Waals surface area contributed by atoms with Crippen LogP contribution in [0, 0.1) is 18.3 Å². The van der Waals surface area contributed by atoms with Crippen LogP contribution >= 0.6 is 0 Å². The second-order valence-electron chi connectivity index (χ2n) is 2.67. The number of terminal acetylenes is 1. The van der Waals surface area contributed by atoms with Gasteiger partial charge in [-0.3, -0.25) is 0 Å². The van der Waals surface area contributed by atoms with Gasteiger partial charge < -0.3 is 4.18 Å². The van der Waals surface area contributed by atoms with Crippen molar-refractivity contribution >= 4 is 10.1 Å². The molecule has 0 aromatic carbocycles. The van der Waals surface area contributed by atoms with Crippen LogP contribution in [0.2, 0.25) is 0 Å². The summed E-state index contributed by atoms with van der Waals surface area (Å²) in [5, 5.41) is 0. The molecule has 1 aliphatic carbocycles. The predicted octanol–water partition coefficient (Wildman–Crippen LogP) is 2.56. The van der Waals surface area contributed by atoms with Crippen molar-refractivity contribution in [1.82, 2.24) is 0 Å². The summed E-state index contributed by atoms with van der Waals surface area (Å²) in [6.07, 6.45) is -9.09. The Morgan fingerprint density at radius 1 is 1.47 bits per heavy atom. The summed E-state index contributed by atoms with van der Waals surface area (Å²) < 4.78 is 124. The lowest BCUT2D eigenvalue weighted by atomic mass is 10.1. The van der Waals surface area contributed by atoms with Gasteiger partial charge in [0, 0.05) is 23.0 Å². The number of hydrogen-bond donors (Lipinski definition) is 0. The molecule has 3 nitrogen and oxygen atoms in total. The quantitative estimate of drug-likeness (QED) is 0.344. The summed E-state index contributed by atoms with van der Waals surface area (Å²) in [5.41, 5.74) is -5.95. The van der Waals surface area contributed by atoms with E-state index in [-0.39, 0.29) is 6.08 Å². The van der Waals surface area contributed by atoms with E-state index in [4.69, 9.17) is 17.4 Å². The highest BCUT2D eigenvalue weighted by atomic mass is 32.2. The first-order valence-corrected chi connectivity index (χ1v) is 5.37. The first-order chi connectivity index (χ1) is 10.8. The third-order valence-corrected chi connectivity index (χ3v) is 2.47. The number of allylic oxidation sites excluding steroid dienone is 2. The maximum absolute atomic E-state index is 12.5. The van der Waals surface area contributed by atoms with Gasteiger partial charge in [0.1, 0.15) is 5.76 Å². The fraction of sp³-hybridized carbons (Fsp3) is 0.600. The van der Waals surface area contributed by atoms with Gasteiger partial charge in [-0.15, -0.1) is 6.42 Å². The van der Waals surface area contributed by atoms with E-state index in [0.29, 0.717) is 0 Å². The number of rotatable bonds is 3. The van der Waals surface area contributed by atoms with Gasteiger partial charge in [-0.1, -0.05) is 18.7 Å². The minimum absolute atomic E-state index is 0.182. The van der Waals surface area contributed by atoms with Crippen molar-refractivity contribution in [1.29, 1.82) is 0 Å². The molecule has 1 fully saturated rings. The molecule has 0 bridgehead atoms. The molecular formula is C10H11F3O3S. The molecule has 0 aliphatic heterocycles. The average Bonchev–Trinajstić information content (AvgIpc) is 2.41. The van der Waals surface area contributed by atoms with E-state index in [1.54, 1.807) is 5.92 Å². The smallest absolute Gasteiger partial charge is 0.380 e. The van der Waals surface area contributed by atoms with Crippen LogP contribution in [0.4, 0.5) is 13.2 Å². The molecular weight excluding hydrogens is 257 g/mol. The molecule has 0 spiro atoms. The van der Waals surface area contributed by atoms with Crippen molar-refractivity contribution in [2.24, 2.45) is 5.92 Å². The minimum atomic E-state index is -6.37. The van der Waals surface area contributed by atoms with Crippen LogP contribution in [0.5, 0.6) is 0 Å². The third-order valence-electron chi connectivity index (χ3n) is 1.50. The normalized spacial score (nSPS) is 37.9. The lowest BCUT2D eigenvalue weighted by molar-refractivity contribution is -0.0526. The summed E-state index contributed by atoms with van der Waals surface area (Å²) in [5.74, 6) is -2.73. The van der Waals surface area contributed by atoms with Gasteiger partial charge in [-0.05, 0) is 12.7 Å². The van der Waals surface area contributed by atoms with E-state index in [2.05, 4.69) is 4.18 Å². The lowest BCUT2D eigenvalue weighted by Gasteiger charge is -2.16. The summed E-state index contributed by atoms with van der Waals surface area (Å²) in [4.78, 5) is 0. The molecule has 0 amide bonds. The molecule has 7 heteroatoms. The fourth-order valence-electron chi connectivity index (χ4n) is 0.806. The van der Waals surface area contributed by atoms with Gasteiger partial charge in [0.25, 0.3) is 0 Å². The van der Waals surface area contributed by atoms with Gasteiger partial charge in [0.2, 0.25) is 0 Å². The van der Waals surface area contributed by atoms with Crippen LogP contribution < -0.4 is 0 Å². The second-order valence-corrected chi connectivity index (χ2v) is 4.21. The average molecular weight is 276 g/mol. The van der Waals surface area contributed by atoms with Crippen molar-refractivity contribution in [2.45, 2.75) is 31.0 Å². The molecule has 1 aliphatic rings. The molecule has 17 heavy (non-hydrogen) atoms. The van der Waals surface area contributed by atoms with E-state index < -0.39 is 52.8 Å². The molecule has 0 N–H and O–H groups in total. The predicted molar refractivity (Wildman–Crippen MR) is 54.9 cm³/mol. The highest BCUT2D eigenvalue weighted by molar-refractivity contribution is 7.87. The van der Waals surface area contributed by atoms with Crippen molar-refractivity contribution in [3.05, 3.63) is 11.8 Å². The van der Waals surface area contributed by atoms with Gasteiger partial charge in [-0.2, -0.15) is 21.6 Å². The van der Waals surface area contributed by atoms with Gasteiger partial charge in [0.05, 0.1) is 0 Å². The lowest BCUT2D eigenvalue weighted by Crippen LogP contribution is -2.26. The molecule has 0 radical (unpaired) electrons. The van der Waals surface area contributed by atoms with Crippen LogP contribution in [0.15, 0.2) is 11.8 Å². The minimum Gasteiger partial charge on any atom is -0.380 e. The maximum Gasteiger partial charge on any atom is 0.534 e. The first-order valence-electron chi connectivity index (χ1n) is 7.96. The number of halogens is 3. The molecule has 1 rings (SSSR count). The highest BCUT2D eigenvalue weighted by Gasteiger charge is 2.49. The van der Waals surface area contributed by atoms with E-state index in [1.165, 1.54) is 0 Å². The van der Waals surface area contributed by atoms with Crippen molar-refractivity contribution < 1.29 is 36.7 Å². The molecule has 96 valence electrons. The number of alkyl halides is 3. The Morgan fingerprint density at radius 2 is 2.00 bits per heavy atom. The topological polar surface area (TPSA) is 43.4 Å². The molecule has 0 aromatic rings. The summed E-state index contributed by atoms with van der Waals surface area (Å²) in [7, 11) is -6.37. The molecule has 0 heterocycles. The first kappa shape index (κ1) is 6.14. The Balaban J connectivity index is 3.64. The molecule has 0 saturated heterocycles. The van der Waals surface area contributed by atoms with E-state index in [9.17, 15) is 21.6 Å². The Hall–Kier alpha value is -1.16. The largest absolute Gasteiger partial charge is 0.534 e. The second kappa shape index (κ2) is 5.00. The fourth-order valence-corrected chi connectivity index (χ4v) is 1.30. The van der Waals surface area contributed by atoms with E-state index in [0.717, 1.165) is 0 Å². The maximum atomic E-state index is 12.5. The molecule has 0 unspecified atom stereocenters. The van der Waals surface area contributed by atoms with Crippen molar-refractivity contribution in [3.63, 3.8) is 0 Å². The van der Waals surface area contributed by atoms with Crippen LogP contribution in [-0.2, 0) is 14.3 Å². The van der Waals surface area contributed by atoms with Gasteiger partial charge in [0.15, 0.2) is 0 Å². The molecule has 0 atom stereocenters. The zero-order valence-electron chi connectivity index (χ0n) is 16.0. The zero-order valence-corrected chi connectivity index (χ0v) is 8.82. The van der Waals surface area contributed by atoms with Crippen LogP contribution in [0.1, 0.15) is 36.5 Å².